The zero-order chi connectivity index (χ0) is 17.8. The lowest BCUT2D eigenvalue weighted by atomic mass is 10.2. The molecule has 0 spiro atoms. The number of aliphatic hydroxyl groups is 2. The maximum atomic E-state index is 13.0. The molecule has 3 rings (SSSR count). The molecule has 0 fully saturated rings. The van der Waals surface area contributed by atoms with Gasteiger partial charge in [0.2, 0.25) is 0 Å². The Morgan fingerprint density at radius 1 is 1.20 bits per heavy atom. The molecule has 0 saturated heterocycles. The van der Waals surface area contributed by atoms with Crippen LogP contribution in [0.15, 0.2) is 58.5 Å². The van der Waals surface area contributed by atoms with E-state index in [1.165, 1.54) is 16.3 Å². The van der Waals surface area contributed by atoms with Crippen LogP contribution in [-0.4, -0.2) is 45.3 Å². The summed E-state index contributed by atoms with van der Waals surface area (Å²) in [5.74, 6) is 0.924. The van der Waals surface area contributed by atoms with Crippen LogP contribution in [0.2, 0.25) is 0 Å². The van der Waals surface area contributed by atoms with Crippen molar-refractivity contribution in [1.82, 2.24) is 9.55 Å². The van der Waals surface area contributed by atoms with E-state index >= 15 is 0 Å². The van der Waals surface area contributed by atoms with Crippen LogP contribution < -0.4 is 10.3 Å². The SMILES string of the molecule is COc1ccc(-n2c(SCC(O)CO)nc3ccccc3c2=O)cc1. The van der Waals surface area contributed by atoms with Crippen LogP contribution >= 0.6 is 11.8 Å². The molecule has 1 heterocycles. The highest BCUT2D eigenvalue weighted by Gasteiger charge is 2.14. The lowest BCUT2D eigenvalue weighted by molar-refractivity contribution is 0.113. The number of methoxy groups -OCH3 is 1. The summed E-state index contributed by atoms with van der Waals surface area (Å²) in [6, 6.07) is 14.2. The number of ether oxygens (including phenoxy) is 1. The molecule has 2 aromatic carbocycles. The highest BCUT2D eigenvalue weighted by Crippen LogP contribution is 2.23. The molecule has 0 saturated carbocycles. The van der Waals surface area contributed by atoms with Gasteiger partial charge < -0.3 is 14.9 Å². The molecule has 1 aromatic heterocycles. The van der Waals surface area contributed by atoms with Gasteiger partial charge in [0.15, 0.2) is 5.16 Å². The Balaban J connectivity index is 2.15. The Hall–Kier alpha value is -2.35. The summed E-state index contributed by atoms with van der Waals surface area (Å²) in [5.41, 5.74) is 1.07. The molecule has 0 aliphatic carbocycles. The topological polar surface area (TPSA) is 84.6 Å². The molecule has 7 heteroatoms. The van der Waals surface area contributed by atoms with Crippen molar-refractivity contribution in [2.24, 2.45) is 0 Å². The lowest BCUT2D eigenvalue weighted by Crippen LogP contribution is -2.23. The van der Waals surface area contributed by atoms with Crippen LogP contribution in [0, 0.1) is 0 Å². The zero-order valence-electron chi connectivity index (χ0n) is 13.6. The van der Waals surface area contributed by atoms with Crippen LogP contribution in [-0.2, 0) is 0 Å². The van der Waals surface area contributed by atoms with Crippen molar-refractivity contribution in [3.8, 4) is 11.4 Å². The van der Waals surface area contributed by atoms with Crippen molar-refractivity contribution < 1.29 is 14.9 Å². The molecule has 130 valence electrons. The second-order valence-corrected chi connectivity index (χ2v) is 6.38. The number of hydrogen-bond acceptors (Lipinski definition) is 6. The predicted molar refractivity (Wildman–Crippen MR) is 97.7 cm³/mol. The third-order valence-electron chi connectivity index (χ3n) is 3.69. The summed E-state index contributed by atoms with van der Waals surface area (Å²) >= 11 is 1.22. The molecule has 2 N–H and O–H groups in total. The number of para-hydroxylation sites is 1. The Morgan fingerprint density at radius 2 is 1.92 bits per heavy atom. The smallest absolute Gasteiger partial charge is 0.266 e. The highest BCUT2D eigenvalue weighted by molar-refractivity contribution is 7.99. The summed E-state index contributed by atoms with van der Waals surface area (Å²) in [6.07, 6.45) is -0.877. The fraction of sp³-hybridized carbons (Fsp3) is 0.222. The number of rotatable bonds is 6. The quantitative estimate of drug-likeness (QED) is 0.517. The number of aliphatic hydroxyl groups excluding tert-OH is 2. The van der Waals surface area contributed by atoms with Gasteiger partial charge in [-0.05, 0) is 36.4 Å². The van der Waals surface area contributed by atoms with Crippen molar-refractivity contribution in [3.05, 3.63) is 58.9 Å². The van der Waals surface area contributed by atoms with E-state index in [0.717, 1.165) is 0 Å². The van der Waals surface area contributed by atoms with Gasteiger partial charge in [-0.25, -0.2) is 4.98 Å². The number of aromatic nitrogens is 2. The van der Waals surface area contributed by atoms with Crippen LogP contribution in [0.5, 0.6) is 5.75 Å². The maximum Gasteiger partial charge on any atom is 0.266 e. The molecule has 1 unspecified atom stereocenters. The van der Waals surface area contributed by atoms with Gasteiger partial charge in [-0.2, -0.15) is 0 Å². The van der Waals surface area contributed by atoms with E-state index in [2.05, 4.69) is 4.98 Å². The minimum Gasteiger partial charge on any atom is -0.497 e. The van der Waals surface area contributed by atoms with Crippen molar-refractivity contribution >= 4 is 22.7 Å². The summed E-state index contributed by atoms with van der Waals surface area (Å²) in [7, 11) is 1.58. The first-order chi connectivity index (χ1) is 12.1. The normalized spacial score (nSPS) is 12.3. The van der Waals surface area contributed by atoms with Gasteiger partial charge in [-0.1, -0.05) is 23.9 Å². The first-order valence-electron chi connectivity index (χ1n) is 7.72. The van der Waals surface area contributed by atoms with E-state index in [0.29, 0.717) is 27.5 Å². The Bertz CT molecular complexity index is 925. The van der Waals surface area contributed by atoms with Gasteiger partial charge in [0.25, 0.3) is 5.56 Å². The standard InChI is InChI=1S/C18H18N2O4S/c1-24-14-8-6-12(7-9-14)20-17(23)15-4-2-3-5-16(15)19-18(20)25-11-13(22)10-21/h2-9,13,21-22H,10-11H2,1H3. The van der Waals surface area contributed by atoms with Gasteiger partial charge in [0.05, 0.1) is 36.4 Å². The number of thioether (sulfide) groups is 1. The third kappa shape index (κ3) is 3.68. The molecular formula is C18H18N2O4S. The van der Waals surface area contributed by atoms with Gasteiger partial charge in [-0.3, -0.25) is 9.36 Å². The van der Waals surface area contributed by atoms with Crippen LogP contribution in [0.4, 0.5) is 0 Å². The predicted octanol–water partition coefficient (Wildman–Crippen LogP) is 1.84. The third-order valence-corrected chi connectivity index (χ3v) is 4.77. The first-order valence-corrected chi connectivity index (χ1v) is 8.70. The van der Waals surface area contributed by atoms with E-state index < -0.39 is 6.10 Å². The largest absolute Gasteiger partial charge is 0.497 e. The molecule has 0 radical (unpaired) electrons. The number of hydrogen-bond donors (Lipinski definition) is 2. The van der Waals surface area contributed by atoms with Crippen LogP contribution in [0.1, 0.15) is 0 Å². The maximum absolute atomic E-state index is 13.0. The monoisotopic (exact) mass is 358 g/mol. The molecule has 0 aliphatic heterocycles. The average molecular weight is 358 g/mol. The van der Waals surface area contributed by atoms with E-state index in [1.54, 1.807) is 49.6 Å². The molecule has 0 amide bonds. The van der Waals surface area contributed by atoms with Crippen LogP contribution in [0.25, 0.3) is 16.6 Å². The molecule has 1 atom stereocenters. The zero-order valence-corrected chi connectivity index (χ0v) is 14.4. The van der Waals surface area contributed by atoms with Gasteiger partial charge in [-0.15, -0.1) is 0 Å². The van der Waals surface area contributed by atoms with Gasteiger partial charge in [0, 0.05) is 5.75 Å². The Labute approximate surface area is 148 Å². The molecule has 6 nitrogen and oxygen atoms in total. The molecular weight excluding hydrogens is 340 g/mol. The Morgan fingerprint density at radius 3 is 2.60 bits per heavy atom. The molecule has 3 aromatic rings. The van der Waals surface area contributed by atoms with Crippen molar-refractivity contribution in [1.29, 1.82) is 0 Å². The van der Waals surface area contributed by atoms with Crippen molar-refractivity contribution in [2.75, 3.05) is 19.5 Å². The van der Waals surface area contributed by atoms with Gasteiger partial charge in [0.1, 0.15) is 5.75 Å². The molecule has 0 bridgehead atoms. The molecule has 0 aliphatic rings. The van der Waals surface area contributed by atoms with Crippen LogP contribution in [0.3, 0.4) is 0 Å². The van der Waals surface area contributed by atoms with Crippen molar-refractivity contribution in [3.63, 3.8) is 0 Å². The fourth-order valence-corrected chi connectivity index (χ4v) is 3.32. The summed E-state index contributed by atoms with van der Waals surface area (Å²) in [4.78, 5) is 17.5. The lowest BCUT2D eigenvalue weighted by Gasteiger charge is -2.14. The minimum atomic E-state index is -0.877. The summed E-state index contributed by atoms with van der Waals surface area (Å²) < 4.78 is 6.67. The van der Waals surface area contributed by atoms with E-state index in [9.17, 15) is 9.90 Å². The van der Waals surface area contributed by atoms with E-state index in [-0.39, 0.29) is 17.9 Å². The van der Waals surface area contributed by atoms with Crippen molar-refractivity contribution in [2.45, 2.75) is 11.3 Å². The summed E-state index contributed by atoms with van der Waals surface area (Å²) in [5, 5.41) is 19.6. The summed E-state index contributed by atoms with van der Waals surface area (Å²) in [6.45, 7) is -0.340. The van der Waals surface area contributed by atoms with E-state index in [4.69, 9.17) is 9.84 Å². The molecule has 25 heavy (non-hydrogen) atoms. The minimum absolute atomic E-state index is 0.184. The second kappa shape index (κ2) is 7.69. The fourth-order valence-electron chi connectivity index (χ4n) is 2.39. The Kier molecular flexibility index (Phi) is 5.37. The first kappa shape index (κ1) is 17.5. The highest BCUT2D eigenvalue weighted by atomic mass is 32.2. The number of nitrogens with zero attached hydrogens (tertiary/aromatic N) is 2. The second-order valence-electron chi connectivity index (χ2n) is 5.40. The van der Waals surface area contributed by atoms with Gasteiger partial charge >= 0.3 is 0 Å². The number of benzene rings is 2. The number of fused-ring (bicyclic) bond motifs is 1. The van der Waals surface area contributed by atoms with E-state index in [1.807, 2.05) is 6.07 Å². The average Bonchev–Trinajstić information content (AvgIpc) is 2.66.